The molecule has 2 aromatic rings. The molecule has 0 aliphatic carbocycles. The van der Waals surface area contributed by atoms with Gasteiger partial charge in [-0.05, 0) is 23.1 Å². The third kappa shape index (κ3) is 2.32. The Morgan fingerprint density at radius 3 is 2.65 bits per heavy atom. The minimum absolute atomic E-state index is 0.0849. The van der Waals surface area contributed by atoms with Gasteiger partial charge in [-0.1, -0.05) is 0 Å². The minimum Gasteiger partial charge on any atom is -0.326 e. The van der Waals surface area contributed by atoms with Crippen molar-refractivity contribution in [1.82, 2.24) is 4.98 Å². The smallest absolute Gasteiger partial charge is 0.326 e. The number of nitrogens with zero attached hydrogens (tertiary/aromatic N) is 1. The lowest BCUT2D eigenvalue weighted by Gasteiger charge is -2.12. The SMILES string of the molecule is NCc1sccc1-c1cnccc1C(F)(F)F. The van der Waals surface area contributed by atoms with Crippen LogP contribution in [0.1, 0.15) is 10.4 Å². The third-order valence-corrected chi connectivity index (χ3v) is 3.29. The van der Waals surface area contributed by atoms with Crippen molar-refractivity contribution in [2.45, 2.75) is 12.7 Å². The second-order valence-electron chi connectivity index (χ2n) is 3.38. The minimum atomic E-state index is -4.38. The average molecular weight is 258 g/mol. The van der Waals surface area contributed by atoms with Crippen LogP contribution < -0.4 is 5.73 Å². The van der Waals surface area contributed by atoms with E-state index >= 15 is 0 Å². The fraction of sp³-hybridized carbons (Fsp3) is 0.182. The molecule has 0 aromatic carbocycles. The third-order valence-electron chi connectivity index (χ3n) is 2.35. The van der Waals surface area contributed by atoms with Gasteiger partial charge < -0.3 is 5.73 Å². The number of hydrogen-bond donors (Lipinski definition) is 1. The number of hydrogen-bond acceptors (Lipinski definition) is 3. The van der Waals surface area contributed by atoms with Gasteiger partial charge in [0.2, 0.25) is 0 Å². The Morgan fingerprint density at radius 2 is 2.00 bits per heavy atom. The number of pyridine rings is 1. The van der Waals surface area contributed by atoms with Crippen molar-refractivity contribution >= 4 is 11.3 Å². The molecule has 0 saturated heterocycles. The Balaban J connectivity index is 2.60. The first-order chi connectivity index (χ1) is 8.04. The van der Waals surface area contributed by atoms with Gasteiger partial charge >= 0.3 is 6.18 Å². The van der Waals surface area contributed by atoms with Gasteiger partial charge in [-0.2, -0.15) is 13.2 Å². The second-order valence-corrected chi connectivity index (χ2v) is 4.38. The number of halogens is 3. The molecule has 2 rings (SSSR count). The summed E-state index contributed by atoms with van der Waals surface area (Å²) < 4.78 is 38.5. The quantitative estimate of drug-likeness (QED) is 0.897. The molecule has 2 aromatic heterocycles. The fourth-order valence-electron chi connectivity index (χ4n) is 1.59. The van der Waals surface area contributed by atoms with E-state index in [1.165, 1.54) is 17.5 Å². The molecule has 0 spiro atoms. The number of thiophene rings is 1. The van der Waals surface area contributed by atoms with Crippen LogP contribution in [0.2, 0.25) is 0 Å². The van der Waals surface area contributed by atoms with Crippen LogP contribution in [0.5, 0.6) is 0 Å². The lowest BCUT2D eigenvalue weighted by molar-refractivity contribution is -0.137. The number of nitrogens with two attached hydrogens (primary N) is 1. The van der Waals surface area contributed by atoms with Crippen molar-refractivity contribution in [3.05, 3.63) is 40.3 Å². The standard InChI is InChI=1S/C11H9F3N2S/c12-11(13,14)9-1-3-16-6-8(9)7-2-4-17-10(7)5-15/h1-4,6H,5,15H2. The normalized spacial score (nSPS) is 11.8. The summed E-state index contributed by atoms with van der Waals surface area (Å²) >= 11 is 1.34. The van der Waals surface area contributed by atoms with E-state index in [9.17, 15) is 13.2 Å². The summed E-state index contributed by atoms with van der Waals surface area (Å²) in [6.45, 7) is 0.221. The van der Waals surface area contributed by atoms with Crippen molar-refractivity contribution < 1.29 is 13.2 Å². The zero-order valence-electron chi connectivity index (χ0n) is 8.66. The first kappa shape index (κ1) is 12.1. The Morgan fingerprint density at radius 1 is 1.24 bits per heavy atom. The predicted octanol–water partition coefficient (Wildman–Crippen LogP) is 3.29. The molecule has 6 heteroatoms. The number of rotatable bonds is 2. The van der Waals surface area contributed by atoms with Gasteiger partial charge in [-0.25, -0.2) is 0 Å². The summed E-state index contributed by atoms with van der Waals surface area (Å²) in [5, 5.41) is 1.73. The number of aromatic nitrogens is 1. The molecule has 2 N–H and O–H groups in total. The van der Waals surface area contributed by atoms with Crippen molar-refractivity contribution in [2.24, 2.45) is 5.73 Å². The van der Waals surface area contributed by atoms with Gasteiger partial charge in [0.15, 0.2) is 0 Å². The highest BCUT2D eigenvalue weighted by atomic mass is 32.1. The molecule has 0 aliphatic rings. The molecule has 0 fully saturated rings. The van der Waals surface area contributed by atoms with E-state index < -0.39 is 11.7 Å². The lowest BCUT2D eigenvalue weighted by atomic mass is 10.0. The summed E-state index contributed by atoms with van der Waals surface area (Å²) in [5.41, 5.74) is 5.42. The molecule has 90 valence electrons. The van der Waals surface area contributed by atoms with Gasteiger partial charge in [0, 0.05) is 29.4 Å². The zero-order valence-corrected chi connectivity index (χ0v) is 9.48. The molecule has 0 unspecified atom stereocenters. The van der Waals surface area contributed by atoms with Crippen molar-refractivity contribution in [2.75, 3.05) is 0 Å². The number of alkyl halides is 3. The molecule has 0 radical (unpaired) electrons. The van der Waals surface area contributed by atoms with Gasteiger partial charge in [0.25, 0.3) is 0 Å². The Hall–Kier alpha value is -1.40. The summed E-state index contributed by atoms with van der Waals surface area (Å²) in [6.07, 6.45) is -2.02. The van der Waals surface area contributed by atoms with Crippen LogP contribution in [0, 0.1) is 0 Å². The molecule has 0 bridgehead atoms. The molecule has 2 nitrogen and oxygen atoms in total. The fourth-order valence-corrected chi connectivity index (χ4v) is 2.36. The molecule has 0 amide bonds. The topological polar surface area (TPSA) is 38.9 Å². The van der Waals surface area contributed by atoms with E-state index in [0.29, 0.717) is 5.56 Å². The lowest BCUT2D eigenvalue weighted by Crippen LogP contribution is -2.08. The van der Waals surface area contributed by atoms with Crippen molar-refractivity contribution in [3.8, 4) is 11.1 Å². The average Bonchev–Trinajstić information content (AvgIpc) is 2.75. The van der Waals surface area contributed by atoms with Gasteiger partial charge in [0.1, 0.15) is 0 Å². The van der Waals surface area contributed by atoms with E-state index in [-0.39, 0.29) is 12.1 Å². The summed E-state index contributed by atoms with van der Waals surface area (Å²) in [5.74, 6) is 0. The van der Waals surface area contributed by atoms with Gasteiger partial charge in [0.05, 0.1) is 5.56 Å². The van der Waals surface area contributed by atoms with Crippen molar-refractivity contribution in [3.63, 3.8) is 0 Å². The highest BCUT2D eigenvalue weighted by Crippen LogP contribution is 2.38. The molecule has 2 heterocycles. The predicted molar refractivity (Wildman–Crippen MR) is 60.4 cm³/mol. The largest absolute Gasteiger partial charge is 0.417 e. The van der Waals surface area contributed by atoms with E-state index in [0.717, 1.165) is 17.1 Å². The second kappa shape index (κ2) is 4.46. The van der Waals surface area contributed by atoms with Crippen LogP contribution in [0.3, 0.4) is 0 Å². The molecular formula is C11H9F3N2S. The molecule has 0 saturated carbocycles. The van der Waals surface area contributed by atoms with Gasteiger partial charge in [-0.3, -0.25) is 4.98 Å². The van der Waals surface area contributed by atoms with E-state index in [4.69, 9.17) is 5.73 Å². The first-order valence-corrected chi connectivity index (χ1v) is 5.70. The maximum absolute atomic E-state index is 12.8. The molecule has 0 aliphatic heterocycles. The van der Waals surface area contributed by atoms with Gasteiger partial charge in [-0.15, -0.1) is 11.3 Å². The van der Waals surface area contributed by atoms with E-state index in [1.54, 1.807) is 11.4 Å². The molecule has 17 heavy (non-hydrogen) atoms. The van der Waals surface area contributed by atoms with Crippen molar-refractivity contribution in [1.29, 1.82) is 0 Å². The van der Waals surface area contributed by atoms with E-state index in [2.05, 4.69) is 4.98 Å². The summed E-state index contributed by atoms with van der Waals surface area (Å²) in [7, 11) is 0. The maximum Gasteiger partial charge on any atom is 0.417 e. The van der Waals surface area contributed by atoms with Crippen LogP contribution in [0.15, 0.2) is 29.9 Å². The van der Waals surface area contributed by atoms with Crippen LogP contribution in [-0.2, 0) is 12.7 Å². The van der Waals surface area contributed by atoms with Crippen LogP contribution in [0.4, 0.5) is 13.2 Å². The highest BCUT2D eigenvalue weighted by Gasteiger charge is 2.34. The summed E-state index contributed by atoms with van der Waals surface area (Å²) in [4.78, 5) is 4.48. The van der Waals surface area contributed by atoms with Crippen LogP contribution in [-0.4, -0.2) is 4.98 Å². The van der Waals surface area contributed by atoms with Crippen LogP contribution in [0.25, 0.3) is 11.1 Å². The first-order valence-electron chi connectivity index (χ1n) is 4.82. The molecule has 0 atom stereocenters. The zero-order chi connectivity index (χ0) is 12.5. The Bertz CT molecular complexity index is 519. The Labute approximate surface area is 99.9 Å². The maximum atomic E-state index is 12.8. The molecular weight excluding hydrogens is 249 g/mol. The van der Waals surface area contributed by atoms with E-state index in [1.807, 2.05) is 0 Å². The Kier molecular flexibility index (Phi) is 3.17. The monoisotopic (exact) mass is 258 g/mol. The highest BCUT2D eigenvalue weighted by molar-refractivity contribution is 7.10. The summed E-state index contributed by atoms with van der Waals surface area (Å²) in [6, 6.07) is 2.62. The van der Waals surface area contributed by atoms with Crippen LogP contribution >= 0.6 is 11.3 Å².